The van der Waals surface area contributed by atoms with E-state index in [1.54, 1.807) is 30.5 Å². The van der Waals surface area contributed by atoms with E-state index in [0.717, 1.165) is 42.4 Å². The Balaban J connectivity index is 1.55. The number of carbonyl (C=O) groups is 2. The molecule has 0 aliphatic heterocycles. The molecule has 6 heteroatoms. The molecule has 2 aliphatic rings. The van der Waals surface area contributed by atoms with Crippen LogP contribution < -0.4 is 5.32 Å². The molecule has 3 aromatic rings. The van der Waals surface area contributed by atoms with Crippen LogP contribution in [0.2, 0.25) is 0 Å². The van der Waals surface area contributed by atoms with Gasteiger partial charge in [0, 0.05) is 34.6 Å². The van der Waals surface area contributed by atoms with Crippen LogP contribution in [-0.2, 0) is 23.9 Å². The highest BCUT2D eigenvalue weighted by Crippen LogP contribution is 2.45. The second kappa shape index (κ2) is 8.47. The number of fused-ring (bicyclic) bond motifs is 2. The molecule has 1 heterocycles. The quantitative estimate of drug-likeness (QED) is 0.468. The molecule has 2 aromatic carbocycles. The van der Waals surface area contributed by atoms with Gasteiger partial charge in [0.15, 0.2) is 0 Å². The van der Waals surface area contributed by atoms with Crippen molar-refractivity contribution in [3.05, 3.63) is 106 Å². The fourth-order valence-electron chi connectivity index (χ4n) is 5.19. The third kappa shape index (κ3) is 4.04. The van der Waals surface area contributed by atoms with Gasteiger partial charge in [0.25, 0.3) is 5.91 Å². The zero-order chi connectivity index (χ0) is 24.8. The summed E-state index contributed by atoms with van der Waals surface area (Å²) in [5.41, 5.74) is 4.10. The van der Waals surface area contributed by atoms with Crippen molar-refractivity contribution in [1.29, 1.82) is 0 Å². The molecule has 1 amide bonds. The van der Waals surface area contributed by atoms with Crippen molar-refractivity contribution in [2.45, 2.75) is 50.5 Å². The molecule has 178 valence electrons. The van der Waals surface area contributed by atoms with Crippen LogP contribution in [0.5, 0.6) is 0 Å². The number of rotatable bonds is 4. The van der Waals surface area contributed by atoms with E-state index in [2.05, 4.69) is 24.1 Å². The van der Waals surface area contributed by atoms with Gasteiger partial charge in [-0.3, -0.25) is 9.78 Å². The van der Waals surface area contributed by atoms with E-state index in [9.17, 15) is 14.7 Å². The van der Waals surface area contributed by atoms with E-state index in [4.69, 9.17) is 5.11 Å². The zero-order valence-corrected chi connectivity index (χ0v) is 19.8. The maximum Gasteiger partial charge on any atom is 0.335 e. The van der Waals surface area contributed by atoms with Crippen LogP contribution in [0.4, 0.5) is 5.69 Å². The number of aromatic nitrogens is 1. The lowest BCUT2D eigenvalue weighted by atomic mass is 9.68. The number of aliphatic hydroxyl groups is 1. The normalized spacial score (nSPS) is 20.0. The van der Waals surface area contributed by atoms with Gasteiger partial charge in [-0.1, -0.05) is 26.0 Å². The van der Waals surface area contributed by atoms with Gasteiger partial charge in [-0.25, -0.2) is 4.79 Å². The zero-order valence-electron chi connectivity index (χ0n) is 19.8. The van der Waals surface area contributed by atoms with E-state index < -0.39 is 11.6 Å². The molecule has 2 aliphatic carbocycles. The first-order chi connectivity index (χ1) is 16.7. The van der Waals surface area contributed by atoms with Gasteiger partial charge in [0.05, 0.1) is 5.56 Å². The van der Waals surface area contributed by atoms with E-state index >= 15 is 0 Å². The van der Waals surface area contributed by atoms with Crippen molar-refractivity contribution in [2.24, 2.45) is 0 Å². The lowest BCUT2D eigenvalue weighted by molar-refractivity contribution is 0.0696. The number of nitrogens with one attached hydrogen (secondary N) is 1. The molecule has 0 bridgehead atoms. The number of carbonyl (C=O) groups excluding carboxylic acids is 1. The number of amides is 1. The summed E-state index contributed by atoms with van der Waals surface area (Å²) >= 11 is 0. The van der Waals surface area contributed by atoms with Crippen LogP contribution in [0.25, 0.3) is 0 Å². The molecular weight excluding hydrogens is 440 g/mol. The number of hydrogen-bond acceptors (Lipinski definition) is 4. The first kappa shape index (κ1) is 23.0. The van der Waals surface area contributed by atoms with Crippen molar-refractivity contribution in [2.75, 3.05) is 5.32 Å². The molecule has 1 unspecified atom stereocenters. The summed E-state index contributed by atoms with van der Waals surface area (Å²) in [6, 6.07) is 11.5. The van der Waals surface area contributed by atoms with Crippen LogP contribution in [-0.4, -0.2) is 27.1 Å². The van der Waals surface area contributed by atoms with Crippen LogP contribution in [0, 0.1) is 0 Å². The molecule has 0 spiro atoms. The molecule has 35 heavy (non-hydrogen) atoms. The minimum atomic E-state index is -1.39. The first-order valence-corrected chi connectivity index (χ1v) is 11.9. The van der Waals surface area contributed by atoms with Crippen molar-refractivity contribution in [1.82, 2.24) is 4.98 Å². The van der Waals surface area contributed by atoms with Crippen molar-refractivity contribution in [3.63, 3.8) is 0 Å². The average Bonchev–Trinajstić information content (AvgIpc) is 2.86. The molecule has 6 nitrogen and oxygen atoms in total. The highest BCUT2D eigenvalue weighted by molar-refractivity contribution is 6.04. The van der Waals surface area contributed by atoms with Gasteiger partial charge >= 0.3 is 5.97 Å². The van der Waals surface area contributed by atoms with Crippen LogP contribution >= 0.6 is 0 Å². The summed E-state index contributed by atoms with van der Waals surface area (Å²) in [6.45, 7) is 4.18. The highest BCUT2D eigenvalue weighted by atomic mass is 16.4. The largest absolute Gasteiger partial charge is 0.478 e. The Hall–Kier alpha value is -3.77. The lowest BCUT2D eigenvalue weighted by Crippen LogP contribution is -2.36. The van der Waals surface area contributed by atoms with Gasteiger partial charge in [-0.2, -0.15) is 0 Å². The number of aryl methyl sites for hydroxylation is 1. The predicted molar refractivity (Wildman–Crippen MR) is 134 cm³/mol. The predicted octanol–water partition coefficient (Wildman–Crippen LogP) is 4.99. The van der Waals surface area contributed by atoms with Crippen LogP contribution in [0.1, 0.15) is 75.2 Å². The first-order valence-electron chi connectivity index (χ1n) is 11.9. The van der Waals surface area contributed by atoms with Gasteiger partial charge in [-0.05, 0) is 90.4 Å². The molecular formula is C29H28N2O4. The SMILES string of the molecule is CC1(C)C=CC(O)(c2cncc3c2CCCC3)c2cc(C(=O)Nc3ccc(C(=O)O)cc3)ccc21. The Labute approximate surface area is 204 Å². The summed E-state index contributed by atoms with van der Waals surface area (Å²) in [4.78, 5) is 28.7. The summed E-state index contributed by atoms with van der Waals surface area (Å²) in [7, 11) is 0. The highest BCUT2D eigenvalue weighted by Gasteiger charge is 2.41. The standard InChI is InChI=1S/C29H28N2O4/c1-28(2)13-14-29(35,25-17-30-16-20-5-3-4-6-22(20)25)24-15-19(9-12-23(24)28)26(32)31-21-10-7-18(8-11-21)27(33)34/h7-17,35H,3-6H2,1-2H3,(H,31,32)(H,33,34). The Morgan fingerprint density at radius 1 is 0.886 bits per heavy atom. The van der Waals surface area contributed by atoms with Gasteiger partial charge < -0.3 is 15.5 Å². The topological polar surface area (TPSA) is 99.5 Å². The fraction of sp³-hybridized carbons (Fsp3) is 0.276. The van der Waals surface area contributed by atoms with Gasteiger partial charge in [0.2, 0.25) is 0 Å². The van der Waals surface area contributed by atoms with Crippen molar-refractivity contribution in [3.8, 4) is 0 Å². The van der Waals surface area contributed by atoms with Crippen LogP contribution in [0.3, 0.4) is 0 Å². The van der Waals surface area contributed by atoms with Gasteiger partial charge in [0.1, 0.15) is 5.60 Å². The number of carboxylic acid groups (broad SMARTS) is 1. The summed E-state index contributed by atoms with van der Waals surface area (Å²) < 4.78 is 0. The molecule has 1 aromatic heterocycles. The molecule has 0 saturated carbocycles. The van der Waals surface area contributed by atoms with E-state index in [0.29, 0.717) is 16.8 Å². The van der Waals surface area contributed by atoms with Gasteiger partial charge in [-0.15, -0.1) is 0 Å². The molecule has 0 radical (unpaired) electrons. The lowest BCUT2D eigenvalue weighted by Gasteiger charge is -2.39. The average molecular weight is 469 g/mol. The number of nitrogens with zero attached hydrogens (tertiary/aromatic N) is 1. The number of pyridine rings is 1. The number of hydrogen-bond donors (Lipinski definition) is 3. The number of aromatic carboxylic acids is 1. The monoisotopic (exact) mass is 468 g/mol. The number of benzene rings is 2. The summed E-state index contributed by atoms with van der Waals surface area (Å²) in [5, 5.41) is 24.1. The third-order valence-corrected chi connectivity index (χ3v) is 7.20. The maximum absolute atomic E-state index is 13.1. The van der Waals surface area contributed by atoms with Crippen molar-refractivity contribution >= 4 is 17.6 Å². The van der Waals surface area contributed by atoms with Crippen molar-refractivity contribution < 1.29 is 19.8 Å². The minimum Gasteiger partial charge on any atom is -0.478 e. The Morgan fingerprint density at radius 3 is 2.34 bits per heavy atom. The third-order valence-electron chi connectivity index (χ3n) is 7.20. The van der Waals surface area contributed by atoms with E-state index in [1.807, 2.05) is 24.4 Å². The number of anilines is 1. The number of allylic oxidation sites excluding steroid dienone is 1. The Bertz CT molecular complexity index is 1360. The fourth-order valence-corrected chi connectivity index (χ4v) is 5.19. The van der Waals surface area contributed by atoms with E-state index in [1.165, 1.54) is 17.7 Å². The minimum absolute atomic E-state index is 0.149. The second-order valence-electron chi connectivity index (χ2n) is 9.95. The smallest absolute Gasteiger partial charge is 0.335 e. The molecule has 5 rings (SSSR count). The molecule has 0 fully saturated rings. The molecule has 1 atom stereocenters. The Kier molecular flexibility index (Phi) is 5.56. The van der Waals surface area contributed by atoms with Crippen LogP contribution in [0.15, 0.2) is 67.0 Å². The maximum atomic E-state index is 13.1. The second-order valence-corrected chi connectivity index (χ2v) is 9.95. The molecule has 0 saturated heterocycles. The summed E-state index contributed by atoms with van der Waals surface area (Å²) in [6.07, 6.45) is 11.6. The Morgan fingerprint density at radius 2 is 1.60 bits per heavy atom. The van der Waals surface area contributed by atoms with E-state index in [-0.39, 0.29) is 16.9 Å². The molecule has 3 N–H and O–H groups in total. The summed E-state index contributed by atoms with van der Waals surface area (Å²) in [5.74, 6) is -1.36. The number of carboxylic acids is 1.